The van der Waals surface area contributed by atoms with Crippen LogP contribution in [0.3, 0.4) is 0 Å². The molecule has 1 heterocycles. The van der Waals surface area contributed by atoms with Gasteiger partial charge in [-0.15, -0.1) is 10.2 Å². The third-order valence-corrected chi connectivity index (χ3v) is 4.36. The molecule has 0 aliphatic heterocycles. The molecule has 0 saturated heterocycles. The quantitative estimate of drug-likeness (QED) is 0.350. The summed E-state index contributed by atoms with van der Waals surface area (Å²) in [6.45, 7) is 5.86. The van der Waals surface area contributed by atoms with Gasteiger partial charge >= 0.3 is 0 Å². The number of nitrogen functional groups attached to an aromatic ring is 1. The summed E-state index contributed by atoms with van der Waals surface area (Å²) >= 11 is 6.85. The standard InChI is InChI=1S/C14H17ClN6O3S/c1-14(2,3)12-18-19-13(20(12)16)25-7-11(22)17-8-4-5-9(15)10(6-8)21(23)24/h4-6H,7,16H2,1-3H3,(H,17,22). The highest BCUT2D eigenvalue weighted by atomic mass is 35.5. The van der Waals surface area contributed by atoms with Crippen LogP contribution in [-0.2, 0) is 10.2 Å². The molecule has 11 heteroatoms. The molecule has 0 fully saturated rings. The topological polar surface area (TPSA) is 129 Å². The van der Waals surface area contributed by atoms with Crippen LogP contribution in [0.4, 0.5) is 11.4 Å². The number of benzene rings is 1. The van der Waals surface area contributed by atoms with Crippen molar-refractivity contribution in [2.45, 2.75) is 31.3 Å². The third kappa shape index (κ3) is 4.60. The molecule has 1 aromatic carbocycles. The van der Waals surface area contributed by atoms with Gasteiger partial charge in [0.2, 0.25) is 11.1 Å². The summed E-state index contributed by atoms with van der Waals surface area (Å²) in [4.78, 5) is 22.3. The van der Waals surface area contributed by atoms with Crippen molar-refractivity contribution in [3.05, 3.63) is 39.2 Å². The Morgan fingerprint density at radius 3 is 2.68 bits per heavy atom. The molecule has 0 bridgehead atoms. The first-order chi connectivity index (χ1) is 11.6. The molecular formula is C14H17ClN6O3S. The Bertz CT molecular complexity index is 817. The maximum absolute atomic E-state index is 12.0. The highest BCUT2D eigenvalue weighted by molar-refractivity contribution is 7.99. The van der Waals surface area contributed by atoms with Crippen LogP contribution < -0.4 is 11.2 Å². The molecular weight excluding hydrogens is 368 g/mol. The number of thioether (sulfide) groups is 1. The summed E-state index contributed by atoms with van der Waals surface area (Å²) in [6.07, 6.45) is 0. The molecule has 0 unspecified atom stereocenters. The Labute approximate surface area is 153 Å². The molecule has 2 rings (SSSR count). The van der Waals surface area contributed by atoms with E-state index in [4.69, 9.17) is 17.4 Å². The minimum Gasteiger partial charge on any atom is -0.336 e. The molecule has 9 nitrogen and oxygen atoms in total. The lowest BCUT2D eigenvalue weighted by Gasteiger charge is -2.16. The number of carbonyl (C=O) groups is 1. The number of aromatic nitrogens is 3. The first-order valence-electron chi connectivity index (χ1n) is 7.17. The van der Waals surface area contributed by atoms with Gasteiger partial charge in [-0.3, -0.25) is 14.9 Å². The van der Waals surface area contributed by atoms with E-state index in [-0.39, 0.29) is 33.5 Å². The Hall–Kier alpha value is -2.33. The van der Waals surface area contributed by atoms with E-state index in [1.807, 2.05) is 20.8 Å². The largest absolute Gasteiger partial charge is 0.336 e. The summed E-state index contributed by atoms with van der Waals surface area (Å²) < 4.78 is 1.35. The average Bonchev–Trinajstić information content (AvgIpc) is 2.88. The van der Waals surface area contributed by atoms with E-state index in [1.165, 1.54) is 22.9 Å². The monoisotopic (exact) mass is 384 g/mol. The predicted molar refractivity (Wildman–Crippen MR) is 96.3 cm³/mol. The summed E-state index contributed by atoms with van der Waals surface area (Å²) in [5.41, 5.74) is -0.264. The third-order valence-electron chi connectivity index (χ3n) is 3.09. The summed E-state index contributed by atoms with van der Waals surface area (Å²) in [6, 6.07) is 4.05. The van der Waals surface area contributed by atoms with Crippen LogP contribution in [-0.4, -0.2) is 31.5 Å². The highest BCUT2D eigenvalue weighted by Gasteiger charge is 2.23. The molecule has 0 aliphatic rings. The van der Waals surface area contributed by atoms with Gasteiger partial charge in [0.05, 0.1) is 10.7 Å². The molecule has 0 aliphatic carbocycles. The first kappa shape index (κ1) is 19.0. The van der Waals surface area contributed by atoms with E-state index < -0.39 is 4.92 Å². The van der Waals surface area contributed by atoms with Crippen LogP contribution >= 0.6 is 23.4 Å². The number of nitro groups is 1. The molecule has 0 atom stereocenters. The number of hydrogen-bond acceptors (Lipinski definition) is 7. The average molecular weight is 385 g/mol. The second-order valence-corrected chi connectivity index (χ2v) is 7.54. The predicted octanol–water partition coefficient (Wildman–Crippen LogP) is 2.58. The van der Waals surface area contributed by atoms with E-state index in [0.29, 0.717) is 11.0 Å². The minimum absolute atomic E-state index is 0.00307. The molecule has 0 spiro atoms. The van der Waals surface area contributed by atoms with Crippen molar-refractivity contribution in [3.63, 3.8) is 0 Å². The SMILES string of the molecule is CC(C)(C)c1nnc(SCC(=O)Nc2ccc(Cl)c([N+](=O)[O-])c2)n1N. The van der Waals surface area contributed by atoms with Gasteiger partial charge < -0.3 is 11.2 Å². The van der Waals surface area contributed by atoms with Crippen LogP contribution in [0.5, 0.6) is 0 Å². The van der Waals surface area contributed by atoms with Gasteiger partial charge in [0.1, 0.15) is 5.02 Å². The molecule has 134 valence electrons. The Balaban J connectivity index is 2.01. The van der Waals surface area contributed by atoms with Gasteiger partial charge in [-0.2, -0.15) is 0 Å². The zero-order valence-electron chi connectivity index (χ0n) is 13.8. The number of nitro benzene ring substituents is 1. The second kappa shape index (κ2) is 7.28. The lowest BCUT2D eigenvalue weighted by molar-refractivity contribution is -0.384. The van der Waals surface area contributed by atoms with Crippen molar-refractivity contribution in [2.75, 3.05) is 16.9 Å². The molecule has 0 radical (unpaired) electrons. The molecule has 25 heavy (non-hydrogen) atoms. The van der Waals surface area contributed by atoms with E-state index >= 15 is 0 Å². The fourth-order valence-corrected chi connectivity index (χ4v) is 2.79. The minimum atomic E-state index is -0.613. The molecule has 2 aromatic rings. The fourth-order valence-electron chi connectivity index (χ4n) is 1.94. The normalized spacial score (nSPS) is 11.4. The maximum atomic E-state index is 12.0. The number of amides is 1. The zero-order valence-corrected chi connectivity index (χ0v) is 15.4. The van der Waals surface area contributed by atoms with Crippen LogP contribution in [0.2, 0.25) is 5.02 Å². The lowest BCUT2D eigenvalue weighted by Crippen LogP contribution is -2.24. The highest BCUT2D eigenvalue weighted by Crippen LogP contribution is 2.28. The summed E-state index contributed by atoms with van der Waals surface area (Å²) in [7, 11) is 0. The van der Waals surface area contributed by atoms with Crippen LogP contribution in [0.25, 0.3) is 0 Å². The Kier molecular flexibility index (Phi) is 5.53. The number of nitrogens with one attached hydrogen (secondary N) is 1. The van der Waals surface area contributed by atoms with Gasteiger partial charge in [-0.1, -0.05) is 44.1 Å². The molecule has 1 amide bonds. The second-order valence-electron chi connectivity index (χ2n) is 6.19. The van der Waals surface area contributed by atoms with Crippen LogP contribution in [0.1, 0.15) is 26.6 Å². The summed E-state index contributed by atoms with van der Waals surface area (Å²) in [5.74, 6) is 6.21. The summed E-state index contributed by atoms with van der Waals surface area (Å²) in [5, 5.41) is 21.9. The zero-order chi connectivity index (χ0) is 18.8. The van der Waals surface area contributed by atoms with Crippen LogP contribution in [0.15, 0.2) is 23.4 Å². The first-order valence-corrected chi connectivity index (χ1v) is 8.53. The maximum Gasteiger partial charge on any atom is 0.289 e. The van der Waals surface area contributed by atoms with Crippen molar-refractivity contribution >= 4 is 40.6 Å². The van der Waals surface area contributed by atoms with Crippen LogP contribution in [0, 0.1) is 10.1 Å². The van der Waals surface area contributed by atoms with Gasteiger partial charge in [-0.25, -0.2) is 4.68 Å². The van der Waals surface area contributed by atoms with E-state index in [2.05, 4.69) is 15.5 Å². The molecule has 3 N–H and O–H groups in total. The van der Waals surface area contributed by atoms with E-state index in [1.54, 1.807) is 0 Å². The smallest absolute Gasteiger partial charge is 0.289 e. The van der Waals surface area contributed by atoms with Gasteiger partial charge in [-0.05, 0) is 12.1 Å². The fraction of sp³-hybridized carbons (Fsp3) is 0.357. The number of carbonyl (C=O) groups excluding carboxylic acids is 1. The number of nitrogens with zero attached hydrogens (tertiary/aromatic N) is 4. The molecule has 0 saturated carbocycles. The van der Waals surface area contributed by atoms with Crippen molar-refractivity contribution in [3.8, 4) is 0 Å². The van der Waals surface area contributed by atoms with Crippen molar-refractivity contribution < 1.29 is 9.72 Å². The van der Waals surface area contributed by atoms with Crippen molar-refractivity contribution in [1.82, 2.24) is 14.9 Å². The van der Waals surface area contributed by atoms with Crippen molar-refractivity contribution in [1.29, 1.82) is 0 Å². The number of nitrogens with two attached hydrogens (primary N) is 1. The van der Waals surface area contributed by atoms with E-state index in [0.717, 1.165) is 11.8 Å². The van der Waals surface area contributed by atoms with E-state index in [9.17, 15) is 14.9 Å². The Morgan fingerprint density at radius 2 is 2.12 bits per heavy atom. The van der Waals surface area contributed by atoms with Gasteiger partial charge in [0, 0.05) is 17.2 Å². The lowest BCUT2D eigenvalue weighted by atomic mass is 9.96. The number of hydrogen-bond donors (Lipinski definition) is 2. The van der Waals surface area contributed by atoms with Crippen molar-refractivity contribution in [2.24, 2.45) is 0 Å². The Morgan fingerprint density at radius 1 is 1.44 bits per heavy atom. The van der Waals surface area contributed by atoms with Gasteiger partial charge in [0.25, 0.3) is 5.69 Å². The number of halogens is 1. The number of rotatable bonds is 5. The molecule has 1 aromatic heterocycles. The van der Waals surface area contributed by atoms with Gasteiger partial charge in [0.15, 0.2) is 5.82 Å². The number of anilines is 1.